The lowest BCUT2D eigenvalue weighted by molar-refractivity contribution is -0.138. The number of hydrogen-bond acceptors (Lipinski definition) is 2. The van der Waals surface area contributed by atoms with Crippen LogP contribution in [0.5, 0.6) is 0 Å². The Hall–Kier alpha value is -1.14. The van der Waals surface area contributed by atoms with E-state index in [0.717, 1.165) is 31.3 Å². The molecule has 0 atom stereocenters. The summed E-state index contributed by atoms with van der Waals surface area (Å²) in [4.78, 5) is 2.15. The van der Waals surface area contributed by atoms with Gasteiger partial charge in [0.1, 0.15) is 5.82 Å². The van der Waals surface area contributed by atoms with Gasteiger partial charge in [-0.1, -0.05) is 0 Å². The second-order valence-corrected chi connectivity index (χ2v) is 4.86. The molecule has 1 aromatic rings. The van der Waals surface area contributed by atoms with Gasteiger partial charge in [0, 0.05) is 13.1 Å². The van der Waals surface area contributed by atoms with Crippen LogP contribution in [0, 0.1) is 5.82 Å². The monoisotopic (exact) mass is 291 g/mol. The molecule has 20 heavy (non-hydrogen) atoms. The van der Waals surface area contributed by atoms with Crippen molar-refractivity contribution in [3.63, 3.8) is 0 Å². The van der Waals surface area contributed by atoms with E-state index in [4.69, 9.17) is 4.74 Å². The highest BCUT2D eigenvalue weighted by Gasteiger charge is 2.33. The fraction of sp³-hybridized carbons (Fsp3) is 0.571. The lowest BCUT2D eigenvalue weighted by Gasteiger charge is -2.26. The highest BCUT2D eigenvalue weighted by Crippen LogP contribution is 2.32. The Labute approximate surface area is 115 Å². The number of hydrogen-bond donors (Lipinski definition) is 0. The number of rotatable bonds is 4. The molecule has 0 aliphatic carbocycles. The molecule has 0 unspecified atom stereocenters. The summed E-state index contributed by atoms with van der Waals surface area (Å²) in [6.45, 7) is 3.63. The van der Waals surface area contributed by atoms with E-state index < -0.39 is 17.6 Å². The molecule has 112 valence electrons. The molecule has 0 spiro atoms. The van der Waals surface area contributed by atoms with Gasteiger partial charge in [0.25, 0.3) is 0 Å². The average molecular weight is 291 g/mol. The summed E-state index contributed by atoms with van der Waals surface area (Å²) < 4.78 is 56.8. The smallest absolute Gasteiger partial charge is 0.379 e. The van der Waals surface area contributed by atoms with Crippen LogP contribution in [-0.4, -0.2) is 37.7 Å². The number of halogens is 4. The molecule has 0 amide bonds. The predicted octanol–water partition coefficient (Wildman–Crippen LogP) is 3.11. The van der Waals surface area contributed by atoms with Crippen molar-refractivity contribution in [1.29, 1.82) is 0 Å². The number of ether oxygens (including phenoxy) is 1. The maximum absolute atomic E-state index is 13.1. The number of alkyl halides is 3. The summed E-state index contributed by atoms with van der Waals surface area (Å²) >= 11 is 0. The van der Waals surface area contributed by atoms with Gasteiger partial charge >= 0.3 is 6.18 Å². The minimum Gasteiger partial charge on any atom is -0.379 e. The fourth-order valence-electron chi connectivity index (χ4n) is 2.36. The highest BCUT2D eigenvalue weighted by molar-refractivity contribution is 5.30. The van der Waals surface area contributed by atoms with Crippen molar-refractivity contribution in [2.24, 2.45) is 0 Å². The third kappa shape index (κ3) is 4.18. The molecule has 2 nitrogen and oxygen atoms in total. The number of nitrogens with zero attached hydrogens (tertiary/aromatic N) is 1. The molecular weight excluding hydrogens is 274 g/mol. The van der Waals surface area contributed by atoms with Gasteiger partial charge in [-0.3, -0.25) is 4.90 Å². The van der Waals surface area contributed by atoms with E-state index in [0.29, 0.717) is 26.2 Å². The Morgan fingerprint density at radius 1 is 1.15 bits per heavy atom. The van der Waals surface area contributed by atoms with Crippen molar-refractivity contribution in [3.8, 4) is 0 Å². The Bertz CT molecular complexity index is 441. The first kappa shape index (κ1) is 15.3. The second kappa shape index (κ2) is 6.54. The van der Waals surface area contributed by atoms with Crippen molar-refractivity contribution in [1.82, 2.24) is 4.90 Å². The van der Waals surface area contributed by atoms with Crippen LogP contribution in [0.4, 0.5) is 17.6 Å². The zero-order chi connectivity index (χ0) is 14.6. The maximum Gasteiger partial charge on any atom is 0.416 e. The summed E-state index contributed by atoms with van der Waals surface area (Å²) in [7, 11) is 0. The molecule has 0 radical (unpaired) electrons. The van der Waals surface area contributed by atoms with Crippen LogP contribution in [0.15, 0.2) is 18.2 Å². The summed E-state index contributed by atoms with van der Waals surface area (Å²) in [5.74, 6) is -0.626. The molecule has 0 aromatic heterocycles. The van der Waals surface area contributed by atoms with Gasteiger partial charge in [-0.05, 0) is 43.1 Å². The minimum atomic E-state index is -4.43. The Morgan fingerprint density at radius 2 is 1.85 bits per heavy atom. The van der Waals surface area contributed by atoms with Gasteiger partial charge in [0.05, 0.1) is 18.8 Å². The summed E-state index contributed by atoms with van der Waals surface area (Å²) in [6, 6.07) is 2.66. The molecule has 0 N–H and O–H groups in total. The largest absolute Gasteiger partial charge is 0.416 e. The van der Waals surface area contributed by atoms with E-state index in [1.54, 1.807) is 0 Å². The number of benzene rings is 1. The Kier molecular flexibility index (Phi) is 4.99. The van der Waals surface area contributed by atoms with Crippen molar-refractivity contribution in [2.75, 3.05) is 32.8 Å². The Morgan fingerprint density at radius 3 is 2.50 bits per heavy atom. The fourth-order valence-corrected chi connectivity index (χ4v) is 2.36. The quantitative estimate of drug-likeness (QED) is 0.790. The molecule has 1 saturated heterocycles. The molecule has 2 rings (SSSR count). The third-order valence-electron chi connectivity index (χ3n) is 3.40. The third-order valence-corrected chi connectivity index (χ3v) is 3.40. The first-order chi connectivity index (χ1) is 9.47. The van der Waals surface area contributed by atoms with Gasteiger partial charge in [-0.25, -0.2) is 4.39 Å². The minimum absolute atomic E-state index is 0.0331. The van der Waals surface area contributed by atoms with E-state index in [-0.39, 0.29) is 12.0 Å². The van der Waals surface area contributed by atoms with Gasteiger partial charge in [0.15, 0.2) is 0 Å². The number of morpholine rings is 1. The molecule has 1 fully saturated rings. The van der Waals surface area contributed by atoms with E-state index >= 15 is 0 Å². The highest BCUT2D eigenvalue weighted by atomic mass is 19.4. The SMILES string of the molecule is Fc1ccc(C(F)(F)F)c(CCCN2CCOCC2)c1. The zero-order valence-corrected chi connectivity index (χ0v) is 11.0. The van der Waals surface area contributed by atoms with Crippen LogP contribution in [0.3, 0.4) is 0 Å². The van der Waals surface area contributed by atoms with Crippen molar-refractivity contribution >= 4 is 0 Å². The molecule has 0 saturated carbocycles. The second-order valence-electron chi connectivity index (χ2n) is 4.86. The van der Waals surface area contributed by atoms with Gasteiger partial charge in [-0.2, -0.15) is 13.2 Å². The van der Waals surface area contributed by atoms with Crippen molar-refractivity contribution in [3.05, 3.63) is 35.1 Å². The Balaban J connectivity index is 1.95. The van der Waals surface area contributed by atoms with E-state index in [1.165, 1.54) is 0 Å². The van der Waals surface area contributed by atoms with Crippen LogP contribution in [0.2, 0.25) is 0 Å². The van der Waals surface area contributed by atoms with Crippen LogP contribution in [0.25, 0.3) is 0 Å². The van der Waals surface area contributed by atoms with Crippen molar-refractivity contribution in [2.45, 2.75) is 19.0 Å². The lowest BCUT2D eigenvalue weighted by Crippen LogP contribution is -2.37. The lowest BCUT2D eigenvalue weighted by atomic mass is 10.0. The first-order valence-corrected chi connectivity index (χ1v) is 6.62. The molecule has 1 aromatic carbocycles. The van der Waals surface area contributed by atoms with E-state index in [2.05, 4.69) is 4.90 Å². The van der Waals surface area contributed by atoms with E-state index in [9.17, 15) is 17.6 Å². The van der Waals surface area contributed by atoms with Crippen LogP contribution in [0.1, 0.15) is 17.5 Å². The van der Waals surface area contributed by atoms with Crippen LogP contribution < -0.4 is 0 Å². The maximum atomic E-state index is 13.1. The topological polar surface area (TPSA) is 12.5 Å². The normalized spacial score (nSPS) is 17.4. The summed E-state index contributed by atoms with van der Waals surface area (Å²) in [5.41, 5.74) is -0.702. The van der Waals surface area contributed by atoms with Crippen LogP contribution in [-0.2, 0) is 17.3 Å². The molecule has 1 aliphatic heterocycles. The standard InChI is InChI=1S/C14H17F4NO/c15-12-3-4-13(14(16,17)18)11(10-12)2-1-5-19-6-8-20-9-7-19/h3-4,10H,1-2,5-9H2. The predicted molar refractivity (Wildman–Crippen MR) is 67.0 cm³/mol. The average Bonchev–Trinajstić information content (AvgIpc) is 2.38. The molecule has 1 heterocycles. The zero-order valence-electron chi connectivity index (χ0n) is 11.0. The number of aryl methyl sites for hydroxylation is 1. The summed E-state index contributed by atoms with van der Waals surface area (Å²) in [6.07, 6.45) is -3.63. The van der Waals surface area contributed by atoms with E-state index in [1.807, 2.05) is 0 Å². The molecular formula is C14H17F4NO. The van der Waals surface area contributed by atoms with Gasteiger partial charge in [-0.15, -0.1) is 0 Å². The molecule has 6 heteroatoms. The summed E-state index contributed by atoms with van der Waals surface area (Å²) in [5, 5.41) is 0. The first-order valence-electron chi connectivity index (χ1n) is 6.62. The molecule has 0 bridgehead atoms. The van der Waals surface area contributed by atoms with Crippen molar-refractivity contribution < 1.29 is 22.3 Å². The van der Waals surface area contributed by atoms with Gasteiger partial charge < -0.3 is 4.74 Å². The van der Waals surface area contributed by atoms with Gasteiger partial charge in [0.2, 0.25) is 0 Å². The van der Waals surface area contributed by atoms with Crippen LogP contribution >= 0.6 is 0 Å². The molecule has 1 aliphatic rings.